The second kappa shape index (κ2) is 6.50. The maximum absolute atomic E-state index is 12.7. The first-order valence-electron chi connectivity index (χ1n) is 8.67. The molecule has 0 spiro atoms. The lowest BCUT2D eigenvalue weighted by Gasteiger charge is -2.46. The van der Waals surface area contributed by atoms with Gasteiger partial charge in [-0.3, -0.25) is 4.79 Å². The van der Waals surface area contributed by atoms with Gasteiger partial charge in [0.1, 0.15) is 12.4 Å². The van der Waals surface area contributed by atoms with Gasteiger partial charge in [0, 0.05) is 44.4 Å². The van der Waals surface area contributed by atoms with Crippen LogP contribution in [0.1, 0.15) is 24.3 Å². The quantitative estimate of drug-likeness (QED) is 0.829. The molecular formula is C18H21ClN2O4. The van der Waals surface area contributed by atoms with E-state index in [9.17, 15) is 14.7 Å². The number of ether oxygens (including phenoxy) is 1. The lowest BCUT2D eigenvalue weighted by Crippen LogP contribution is -2.58. The predicted octanol–water partition coefficient (Wildman–Crippen LogP) is 2.24. The topological polar surface area (TPSA) is 70.1 Å². The number of piperidine rings is 1. The molecule has 1 N–H and O–H groups in total. The number of hydrogen-bond acceptors (Lipinski definition) is 4. The number of likely N-dealkylation sites (tertiary alicyclic amines) is 2. The Labute approximate surface area is 151 Å². The molecule has 0 saturated carbocycles. The summed E-state index contributed by atoms with van der Waals surface area (Å²) in [7, 11) is 0. The fourth-order valence-corrected chi connectivity index (χ4v) is 4.16. The fourth-order valence-electron chi connectivity index (χ4n) is 3.97. The van der Waals surface area contributed by atoms with Crippen LogP contribution in [0.2, 0.25) is 5.02 Å². The van der Waals surface area contributed by atoms with E-state index in [-0.39, 0.29) is 42.1 Å². The molecule has 2 amide bonds. The van der Waals surface area contributed by atoms with E-state index in [1.54, 1.807) is 12.1 Å². The number of phenolic OH excluding ortho intramolecular Hbond substituents is 1. The molecule has 3 aliphatic rings. The highest BCUT2D eigenvalue weighted by molar-refractivity contribution is 6.32. The van der Waals surface area contributed by atoms with Crippen LogP contribution in [0.15, 0.2) is 18.2 Å². The van der Waals surface area contributed by atoms with E-state index in [0.29, 0.717) is 37.6 Å². The third-order valence-electron chi connectivity index (χ3n) is 5.48. The van der Waals surface area contributed by atoms with Crippen molar-refractivity contribution in [2.45, 2.75) is 24.9 Å². The smallest absolute Gasteiger partial charge is 0.320 e. The average Bonchev–Trinajstić information content (AvgIpc) is 2.56. The van der Waals surface area contributed by atoms with Gasteiger partial charge in [-0.05, 0) is 24.1 Å². The van der Waals surface area contributed by atoms with Gasteiger partial charge in [0.2, 0.25) is 0 Å². The monoisotopic (exact) mass is 364 g/mol. The summed E-state index contributed by atoms with van der Waals surface area (Å²) in [5.74, 6) is 0.583. The van der Waals surface area contributed by atoms with Gasteiger partial charge in [0.25, 0.3) is 0 Å². The van der Waals surface area contributed by atoms with Crippen LogP contribution < -0.4 is 0 Å². The van der Waals surface area contributed by atoms with Gasteiger partial charge in [-0.25, -0.2) is 4.79 Å². The van der Waals surface area contributed by atoms with Crippen molar-refractivity contribution in [3.05, 3.63) is 28.8 Å². The van der Waals surface area contributed by atoms with E-state index >= 15 is 0 Å². The molecule has 0 aliphatic carbocycles. The maximum atomic E-state index is 12.7. The first kappa shape index (κ1) is 16.7. The normalized spacial score (nSPS) is 27.0. The minimum absolute atomic E-state index is 0.0394. The summed E-state index contributed by atoms with van der Waals surface area (Å²) in [5, 5.41) is 9.84. The second-order valence-corrected chi connectivity index (χ2v) is 7.59. The number of fused-ring (bicyclic) bond motifs is 1. The van der Waals surface area contributed by atoms with E-state index in [1.807, 2.05) is 15.9 Å². The number of phenols is 1. The molecule has 3 saturated heterocycles. The van der Waals surface area contributed by atoms with Gasteiger partial charge in [-0.15, -0.1) is 0 Å². The van der Waals surface area contributed by atoms with Gasteiger partial charge in [-0.2, -0.15) is 0 Å². The Kier molecular flexibility index (Phi) is 4.33. The van der Waals surface area contributed by atoms with Crippen LogP contribution in [-0.4, -0.2) is 65.6 Å². The Bertz CT molecular complexity index is 704. The molecule has 0 aromatic heterocycles. The molecule has 1 aromatic carbocycles. The molecule has 7 heteroatoms. The standard InChI is InChI=1S/C18H21ClN2O4/c19-15-6-11(1-2-16(15)23)13-8-21(9-13)18(24)20-4-3-17-12(7-20)5-14(22)10-25-17/h1-2,6,12-13,17,23H,3-5,7-10H2/t12-,17+/m1/s1. The van der Waals surface area contributed by atoms with Crippen molar-refractivity contribution in [1.29, 1.82) is 0 Å². The summed E-state index contributed by atoms with van der Waals surface area (Å²) >= 11 is 5.96. The number of rotatable bonds is 1. The summed E-state index contributed by atoms with van der Waals surface area (Å²) in [6.07, 6.45) is 1.43. The number of benzene rings is 1. The van der Waals surface area contributed by atoms with E-state index in [1.165, 1.54) is 0 Å². The lowest BCUT2D eigenvalue weighted by molar-refractivity contribution is -0.140. The summed E-state index contributed by atoms with van der Waals surface area (Å²) < 4.78 is 5.58. The molecule has 1 aromatic rings. The highest BCUT2D eigenvalue weighted by Gasteiger charge is 2.40. The van der Waals surface area contributed by atoms with Crippen LogP contribution in [0, 0.1) is 5.92 Å². The van der Waals surface area contributed by atoms with Crippen molar-refractivity contribution in [3.8, 4) is 5.75 Å². The summed E-state index contributed by atoms with van der Waals surface area (Å²) in [6, 6.07) is 5.24. The van der Waals surface area contributed by atoms with Crippen molar-refractivity contribution >= 4 is 23.4 Å². The summed E-state index contributed by atoms with van der Waals surface area (Å²) in [4.78, 5) is 28.0. The third-order valence-corrected chi connectivity index (χ3v) is 5.78. The van der Waals surface area contributed by atoms with Crippen molar-refractivity contribution in [2.24, 2.45) is 5.92 Å². The zero-order chi connectivity index (χ0) is 17.6. The SMILES string of the molecule is O=C1CO[C@H]2CCN(C(=O)N3CC(c4ccc(O)c(Cl)c4)C3)C[C@H]2C1. The Morgan fingerprint density at radius 1 is 1.24 bits per heavy atom. The Hall–Kier alpha value is -1.79. The van der Waals surface area contributed by atoms with Crippen LogP contribution in [0.25, 0.3) is 0 Å². The minimum Gasteiger partial charge on any atom is -0.506 e. The number of amides is 2. The number of nitrogens with zero attached hydrogens (tertiary/aromatic N) is 2. The van der Waals surface area contributed by atoms with Crippen LogP contribution in [0.5, 0.6) is 5.75 Å². The van der Waals surface area contributed by atoms with Gasteiger partial charge in [0.05, 0.1) is 11.1 Å². The molecule has 3 aliphatic heterocycles. The number of Topliss-reactive ketones (excluding diaryl/α,β-unsaturated/α-hetero) is 1. The van der Waals surface area contributed by atoms with Gasteiger partial charge in [-0.1, -0.05) is 17.7 Å². The molecule has 2 atom stereocenters. The van der Waals surface area contributed by atoms with Crippen LogP contribution >= 0.6 is 11.6 Å². The fraction of sp³-hybridized carbons (Fsp3) is 0.556. The molecule has 3 heterocycles. The molecule has 0 unspecified atom stereocenters. The van der Waals surface area contributed by atoms with E-state index in [4.69, 9.17) is 16.3 Å². The average molecular weight is 365 g/mol. The van der Waals surface area contributed by atoms with Gasteiger partial charge >= 0.3 is 6.03 Å². The number of hydrogen-bond donors (Lipinski definition) is 1. The molecule has 4 rings (SSSR count). The van der Waals surface area contributed by atoms with Crippen molar-refractivity contribution in [3.63, 3.8) is 0 Å². The zero-order valence-electron chi connectivity index (χ0n) is 13.9. The Morgan fingerprint density at radius 2 is 2.04 bits per heavy atom. The molecule has 134 valence electrons. The number of carbonyl (C=O) groups is 2. The number of ketones is 1. The van der Waals surface area contributed by atoms with Crippen molar-refractivity contribution < 1.29 is 19.4 Å². The molecule has 3 fully saturated rings. The first-order chi connectivity index (χ1) is 12.0. The molecule has 6 nitrogen and oxygen atoms in total. The Morgan fingerprint density at radius 3 is 2.80 bits per heavy atom. The van der Waals surface area contributed by atoms with Gasteiger partial charge in [0.15, 0.2) is 5.78 Å². The number of halogens is 1. The molecule has 25 heavy (non-hydrogen) atoms. The summed E-state index contributed by atoms with van der Waals surface area (Å²) in [5.41, 5.74) is 1.04. The van der Waals surface area contributed by atoms with Crippen LogP contribution in [0.4, 0.5) is 4.79 Å². The summed E-state index contributed by atoms with van der Waals surface area (Å²) in [6.45, 7) is 2.81. The number of urea groups is 1. The van der Waals surface area contributed by atoms with Crippen molar-refractivity contribution in [1.82, 2.24) is 9.80 Å². The van der Waals surface area contributed by atoms with Crippen LogP contribution in [-0.2, 0) is 9.53 Å². The van der Waals surface area contributed by atoms with Gasteiger partial charge < -0.3 is 19.6 Å². The Balaban J connectivity index is 1.34. The lowest BCUT2D eigenvalue weighted by atomic mass is 9.87. The largest absolute Gasteiger partial charge is 0.506 e. The molecule has 0 radical (unpaired) electrons. The molecular weight excluding hydrogens is 344 g/mol. The van der Waals surface area contributed by atoms with Crippen LogP contribution in [0.3, 0.4) is 0 Å². The highest BCUT2D eigenvalue weighted by Crippen LogP contribution is 2.34. The third kappa shape index (κ3) is 3.20. The zero-order valence-corrected chi connectivity index (χ0v) is 14.6. The number of carbonyl (C=O) groups excluding carboxylic acids is 2. The van der Waals surface area contributed by atoms with E-state index in [2.05, 4.69) is 0 Å². The van der Waals surface area contributed by atoms with E-state index < -0.39 is 0 Å². The maximum Gasteiger partial charge on any atom is 0.320 e. The molecule has 0 bridgehead atoms. The van der Waals surface area contributed by atoms with Crippen molar-refractivity contribution in [2.75, 3.05) is 32.8 Å². The number of aromatic hydroxyl groups is 1. The van der Waals surface area contributed by atoms with E-state index in [0.717, 1.165) is 12.0 Å². The second-order valence-electron chi connectivity index (χ2n) is 7.18. The minimum atomic E-state index is 0.0394. The first-order valence-corrected chi connectivity index (χ1v) is 9.04. The highest BCUT2D eigenvalue weighted by atomic mass is 35.5. The predicted molar refractivity (Wildman–Crippen MR) is 91.9 cm³/mol.